The molecule has 0 saturated carbocycles. The summed E-state index contributed by atoms with van der Waals surface area (Å²) in [5.41, 5.74) is 6.31. The molecule has 2 aromatic rings. The highest BCUT2D eigenvalue weighted by Crippen LogP contribution is 1.99. The molecule has 2 heterocycles. The lowest BCUT2D eigenvalue weighted by Gasteiger charge is -1.99. The second-order valence-corrected chi connectivity index (χ2v) is 3.41. The monoisotopic (exact) mass is 220 g/mol. The number of nitrogen functional groups attached to an aromatic ring is 1. The molecule has 0 aliphatic rings. The fraction of sp³-hybridized carbons (Fsp3) is 0.222. The Labute approximate surface area is 91.7 Å². The first-order chi connectivity index (χ1) is 7.65. The Hall–Kier alpha value is -2.31. The number of anilines is 1. The number of carbonyl (C=O) groups is 1. The van der Waals surface area contributed by atoms with E-state index >= 15 is 0 Å². The van der Waals surface area contributed by atoms with E-state index in [1.165, 1.54) is 0 Å². The van der Waals surface area contributed by atoms with Crippen molar-refractivity contribution in [3.8, 4) is 0 Å². The molecule has 0 aromatic carbocycles. The summed E-state index contributed by atoms with van der Waals surface area (Å²) >= 11 is 0. The van der Waals surface area contributed by atoms with Gasteiger partial charge in [0.05, 0.1) is 0 Å². The quantitative estimate of drug-likeness (QED) is 0.658. The van der Waals surface area contributed by atoms with E-state index in [0.717, 1.165) is 5.56 Å². The van der Waals surface area contributed by atoms with Crippen molar-refractivity contribution in [3.05, 3.63) is 29.8 Å². The van der Waals surface area contributed by atoms with Crippen molar-refractivity contribution in [2.24, 2.45) is 7.05 Å². The van der Waals surface area contributed by atoms with E-state index in [2.05, 4.69) is 20.5 Å². The zero-order chi connectivity index (χ0) is 11.5. The molecule has 2 aromatic heterocycles. The number of nitrogens with zero attached hydrogens (tertiary/aromatic N) is 3. The molecular formula is C9H12N6O. The van der Waals surface area contributed by atoms with Crippen LogP contribution in [-0.4, -0.2) is 25.7 Å². The second-order valence-electron chi connectivity index (χ2n) is 3.41. The van der Waals surface area contributed by atoms with Gasteiger partial charge in [0.15, 0.2) is 0 Å². The van der Waals surface area contributed by atoms with Crippen LogP contribution in [-0.2, 0) is 13.6 Å². The third kappa shape index (κ3) is 2.19. The molecule has 0 aliphatic carbocycles. The molecule has 7 heteroatoms. The Balaban J connectivity index is 1.93. The molecule has 7 nitrogen and oxygen atoms in total. The molecule has 84 valence electrons. The molecule has 4 N–H and O–H groups in total. The van der Waals surface area contributed by atoms with Crippen LogP contribution in [0, 0.1) is 0 Å². The number of carbonyl (C=O) groups excluding carboxylic acids is 1. The molecule has 0 fully saturated rings. The highest BCUT2D eigenvalue weighted by atomic mass is 16.2. The van der Waals surface area contributed by atoms with Crippen molar-refractivity contribution >= 4 is 11.9 Å². The van der Waals surface area contributed by atoms with Crippen molar-refractivity contribution in [2.45, 2.75) is 6.54 Å². The van der Waals surface area contributed by atoms with Crippen LogP contribution in [0.4, 0.5) is 5.95 Å². The predicted octanol–water partition coefficient (Wildman–Crippen LogP) is -0.345. The number of aromatic amines is 1. The Morgan fingerprint density at radius 1 is 1.69 bits per heavy atom. The van der Waals surface area contributed by atoms with Crippen LogP contribution in [0.1, 0.15) is 16.2 Å². The lowest BCUT2D eigenvalue weighted by atomic mass is 10.3. The van der Waals surface area contributed by atoms with Gasteiger partial charge < -0.3 is 15.6 Å². The molecule has 16 heavy (non-hydrogen) atoms. The molecule has 0 radical (unpaired) electrons. The van der Waals surface area contributed by atoms with Gasteiger partial charge in [0.1, 0.15) is 0 Å². The summed E-state index contributed by atoms with van der Waals surface area (Å²) < 4.78 is 1.91. The maximum absolute atomic E-state index is 11.5. The fourth-order valence-electron chi connectivity index (χ4n) is 1.31. The van der Waals surface area contributed by atoms with Crippen molar-refractivity contribution in [3.63, 3.8) is 0 Å². The van der Waals surface area contributed by atoms with E-state index in [4.69, 9.17) is 5.73 Å². The molecule has 0 bridgehead atoms. The molecule has 1 amide bonds. The molecule has 0 aliphatic heterocycles. The van der Waals surface area contributed by atoms with Crippen molar-refractivity contribution in [2.75, 3.05) is 5.73 Å². The Morgan fingerprint density at radius 2 is 2.50 bits per heavy atom. The normalized spacial score (nSPS) is 10.3. The van der Waals surface area contributed by atoms with Gasteiger partial charge in [0.2, 0.25) is 11.8 Å². The average Bonchev–Trinajstić information content (AvgIpc) is 2.84. The van der Waals surface area contributed by atoms with Gasteiger partial charge in [-0.3, -0.25) is 9.89 Å². The third-order valence-electron chi connectivity index (χ3n) is 2.06. The van der Waals surface area contributed by atoms with Gasteiger partial charge in [0.25, 0.3) is 5.91 Å². The maximum atomic E-state index is 11.5. The minimum Gasteiger partial charge on any atom is -0.366 e. The zero-order valence-corrected chi connectivity index (χ0v) is 8.77. The van der Waals surface area contributed by atoms with Crippen molar-refractivity contribution in [1.29, 1.82) is 0 Å². The van der Waals surface area contributed by atoms with E-state index in [-0.39, 0.29) is 17.7 Å². The van der Waals surface area contributed by atoms with Gasteiger partial charge in [-0.05, 0) is 11.6 Å². The van der Waals surface area contributed by atoms with Crippen LogP contribution in [0.3, 0.4) is 0 Å². The van der Waals surface area contributed by atoms with Crippen molar-refractivity contribution < 1.29 is 4.79 Å². The molecule has 0 unspecified atom stereocenters. The van der Waals surface area contributed by atoms with Gasteiger partial charge in [-0.25, -0.2) is 0 Å². The number of hydrogen-bond acceptors (Lipinski definition) is 4. The Bertz CT molecular complexity index is 500. The predicted molar refractivity (Wildman–Crippen MR) is 57.4 cm³/mol. The number of H-pyrrole nitrogens is 1. The number of hydrogen-bond donors (Lipinski definition) is 3. The number of aryl methyl sites for hydroxylation is 1. The van der Waals surface area contributed by atoms with Crippen LogP contribution in [0.25, 0.3) is 0 Å². The van der Waals surface area contributed by atoms with E-state index in [1.807, 2.05) is 30.1 Å². The van der Waals surface area contributed by atoms with Crippen LogP contribution in [0.5, 0.6) is 0 Å². The first kappa shape index (κ1) is 10.2. The van der Waals surface area contributed by atoms with Gasteiger partial charge in [-0.15, -0.1) is 5.10 Å². The topological polar surface area (TPSA) is 102 Å². The first-order valence-electron chi connectivity index (χ1n) is 4.72. The molecule has 2 rings (SSSR count). The number of aromatic nitrogens is 4. The summed E-state index contributed by atoms with van der Waals surface area (Å²) in [5, 5.41) is 8.72. The zero-order valence-electron chi connectivity index (χ0n) is 8.77. The van der Waals surface area contributed by atoms with Gasteiger partial charge in [-0.1, -0.05) is 0 Å². The number of rotatable bonds is 3. The lowest BCUT2D eigenvalue weighted by molar-refractivity contribution is 0.0941. The summed E-state index contributed by atoms with van der Waals surface area (Å²) in [5.74, 6) is -0.147. The van der Waals surface area contributed by atoms with E-state index in [0.29, 0.717) is 6.54 Å². The summed E-state index contributed by atoms with van der Waals surface area (Å²) in [6.07, 6.45) is 3.84. The van der Waals surface area contributed by atoms with Gasteiger partial charge in [0, 0.05) is 26.0 Å². The minimum atomic E-state index is -0.326. The Morgan fingerprint density at radius 3 is 3.06 bits per heavy atom. The molecular weight excluding hydrogens is 208 g/mol. The summed E-state index contributed by atoms with van der Waals surface area (Å²) in [6.45, 7) is 0.445. The first-order valence-corrected chi connectivity index (χ1v) is 4.72. The van der Waals surface area contributed by atoms with Crippen LogP contribution in [0.15, 0.2) is 18.5 Å². The van der Waals surface area contributed by atoms with E-state index in [1.54, 1.807) is 0 Å². The largest absolute Gasteiger partial charge is 0.366 e. The standard InChI is InChI=1S/C9H12N6O/c1-15-3-2-6(5-15)4-11-8(16)7-12-9(10)14-13-7/h2-3,5H,4H2,1H3,(H,11,16)(H3,10,12,13,14). The van der Waals surface area contributed by atoms with E-state index < -0.39 is 0 Å². The molecule has 0 saturated heterocycles. The van der Waals surface area contributed by atoms with Crippen LogP contribution in [0.2, 0.25) is 0 Å². The molecule has 0 atom stereocenters. The third-order valence-corrected chi connectivity index (χ3v) is 2.06. The Kier molecular flexibility index (Phi) is 2.59. The number of nitrogens with two attached hydrogens (primary N) is 1. The number of amides is 1. The van der Waals surface area contributed by atoms with E-state index in [9.17, 15) is 4.79 Å². The smallest absolute Gasteiger partial charge is 0.288 e. The molecule has 0 spiro atoms. The van der Waals surface area contributed by atoms with Crippen LogP contribution >= 0.6 is 0 Å². The SMILES string of the molecule is Cn1ccc(CNC(=O)c2nc(N)n[nH]2)c1. The fourth-order valence-corrected chi connectivity index (χ4v) is 1.31. The van der Waals surface area contributed by atoms with Crippen LogP contribution < -0.4 is 11.1 Å². The summed E-state index contributed by atoms with van der Waals surface area (Å²) in [6, 6.07) is 1.93. The second kappa shape index (κ2) is 4.05. The van der Waals surface area contributed by atoms with Crippen molar-refractivity contribution in [1.82, 2.24) is 25.1 Å². The number of nitrogens with one attached hydrogen (secondary N) is 2. The summed E-state index contributed by atoms with van der Waals surface area (Å²) in [7, 11) is 1.92. The minimum absolute atomic E-state index is 0.0601. The van der Waals surface area contributed by atoms with Gasteiger partial charge >= 0.3 is 0 Å². The summed E-state index contributed by atoms with van der Waals surface area (Å²) in [4.78, 5) is 15.3. The average molecular weight is 220 g/mol. The maximum Gasteiger partial charge on any atom is 0.288 e. The lowest BCUT2D eigenvalue weighted by Crippen LogP contribution is -2.23. The highest BCUT2D eigenvalue weighted by Gasteiger charge is 2.09. The van der Waals surface area contributed by atoms with Gasteiger partial charge in [-0.2, -0.15) is 4.98 Å². The highest BCUT2D eigenvalue weighted by molar-refractivity contribution is 5.90.